The highest BCUT2D eigenvalue weighted by Gasteiger charge is 2.22. The summed E-state index contributed by atoms with van der Waals surface area (Å²) in [5, 5.41) is 3.11. The minimum atomic E-state index is -0.138. The van der Waals surface area contributed by atoms with Crippen LogP contribution < -0.4 is 15.8 Å². The van der Waals surface area contributed by atoms with Crippen molar-refractivity contribution in [3.05, 3.63) is 51.4 Å². The maximum absolute atomic E-state index is 12.5. The van der Waals surface area contributed by atoms with Gasteiger partial charge in [0.2, 0.25) is 5.95 Å². The molecule has 26 heavy (non-hydrogen) atoms. The van der Waals surface area contributed by atoms with Crippen molar-refractivity contribution in [1.82, 2.24) is 20.3 Å². The summed E-state index contributed by atoms with van der Waals surface area (Å²) in [6.45, 7) is 3.29. The SMILES string of the molecule is Cc1cc(=O)[nH]c(N2CCC(NC(=O)c3ccc4ncsc4c3)CC2)n1. The molecule has 7 nitrogen and oxygen atoms in total. The van der Waals surface area contributed by atoms with E-state index in [-0.39, 0.29) is 17.5 Å². The molecule has 0 bridgehead atoms. The number of aryl methyl sites for hydroxylation is 1. The first-order valence-electron chi connectivity index (χ1n) is 8.55. The summed E-state index contributed by atoms with van der Waals surface area (Å²) in [6.07, 6.45) is 1.62. The van der Waals surface area contributed by atoms with Crippen LogP contribution in [0.5, 0.6) is 0 Å². The number of amides is 1. The van der Waals surface area contributed by atoms with E-state index in [9.17, 15) is 9.59 Å². The lowest BCUT2D eigenvalue weighted by atomic mass is 10.0. The molecule has 0 radical (unpaired) electrons. The van der Waals surface area contributed by atoms with Crippen LogP contribution in [0.25, 0.3) is 10.2 Å². The van der Waals surface area contributed by atoms with Gasteiger partial charge in [-0.2, -0.15) is 0 Å². The highest BCUT2D eigenvalue weighted by molar-refractivity contribution is 7.16. The third-order valence-corrected chi connectivity index (χ3v) is 5.37. The van der Waals surface area contributed by atoms with Gasteiger partial charge in [0.1, 0.15) is 0 Å². The number of thiazole rings is 1. The van der Waals surface area contributed by atoms with Gasteiger partial charge in [0.05, 0.1) is 15.7 Å². The molecule has 3 heterocycles. The van der Waals surface area contributed by atoms with Gasteiger partial charge in [0.25, 0.3) is 11.5 Å². The van der Waals surface area contributed by atoms with Crippen LogP contribution in [0.15, 0.2) is 34.6 Å². The Labute approximate surface area is 154 Å². The number of nitrogens with one attached hydrogen (secondary N) is 2. The van der Waals surface area contributed by atoms with E-state index in [1.807, 2.05) is 25.1 Å². The number of piperidine rings is 1. The van der Waals surface area contributed by atoms with Crippen LogP contribution in [0.4, 0.5) is 5.95 Å². The average molecular weight is 369 g/mol. The zero-order valence-electron chi connectivity index (χ0n) is 14.4. The summed E-state index contributed by atoms with van der Waals surface area (Å²) in [5.74, 6) is 0.552. The largest absolute Gasteiger partial charge is 0.349 e. The van der Waals surface area contributed by atoms with Crippen molar-refractivity contribution in [2.45, 2.75) is 25.8 Å². The Kier molecular flexibility index (Phi) is 4.42. The second kappa shape index (κ2) is 6.87. The molecule has 8 heteroatoms. The Morgan fingerprint density at radius 1 is 1.31 bits per heavy atom. The maximum atomic E-state index is 12.5. The number of nitrogens with zero attached hydrogens (tertiary/aromatic N) is 3. The maximum Gasteiger partial charge on any atom is 0.252 e. The number of hydrogen-bond donors (Lipinski definition) is 2. The quantitative estimate of drug-likeness (QED) is 0.738. The first-order chi connectivity index (χ1) is 12.6. The minimum Gasteiger partial charge on any atom is -0.349 e. The molecular formula is C18H19N5O2S. The molecule has 1 fully saturated rings. The van der Waals surface area contributed by atoms with E-state index in [4.69, 9.17) is 0 Å². The molecule has 2 N–H and O–H groups in total. The third-order valence-electron chi connectivity index (χ3n) is 4.58. The van der Waals surface area contributed by atoms with Gasteiger partial charge in [0, 0.05) is 36.5 Å². The number of hydrogen-bond acceptors (Lipinski definition) is 6. The van der Waals surface area contributed by atoms with Gasteiger partial charge in [0.15, 0.2) is 0 Å². The third kappa shape index (κ3) is 3.45. The molecule has 0 saturated carbocycles. The van der Waals surface area contributed by atoms with Gasteiger partial charge >= 0.3 is 0 Å². The lowest BCUT2D eigenvalue weighted by Crippen LogP contribution is -2.45. The molecule has 134 valence electrons. The van der Waals surface area contributed by atoms with Gasteiger partial charge in [-0.1, -0.05) is 0 Å². The van der Waals surface area contributed by atoms with Crippen molar-refractivity contribution in [1.29, 1.82) is 0 Å². The van der Waals surface area contributed by atoms with E-state index in [0.29, 0.717) is 17.2 Å². The number of aromatic nitrogens is 3. The van der Waals surface area contributed by atoms with Crippen LogP contribution >= 0.6 is 11.3 Å². The predicted molar refractivity (Wildman–Crippen MR) is 102 cm³/mol. The van der Waals surface area contributed by atoms with Crippen molar-refractivity contribution in [2.75, 3.05) is 18.0 Å². The molecule has 3 aromatic rings. The molecule has 0 spiro atoms. The fourth-order valence-electron chi connectivity index (χ4n) is 3.21. The summed E-state index contributed by atoms with van der Waals surface area (Å²) in [7, 11) is 0. The van der Waals surface area contributed by atoms with E-state index in [2.05, 4.69) is 25.2 Å². The molecule has 0 unspecified atom stereocenters. The van der Waals surface area contributed by atoms with Crippen LogP contribution in [-0.2, 0) is 0 Å². The van der Waals surface area contributed by atoms with E-state index in [0.717, 1.165) is 36.1 Å². The number of carbonyl (C=O) groups is 1. The fraction of sp³-hybridized carbons (Fsp3) is 0.333. The summed E-state index contributed by atoms with van der Waals surface area (Å²) < 4.78 is 1.02. The smallest absolute Gasteiger partial charge is 0.252 e. The molecule has 4 rings (SSSR count). The first kappa shape index (κ1) is 16.7. The van der Waals surface area contributed by atoms with Gasteiger partial charge in [-0.3, -0.25) is 14.6 Å². The molecular weight excluding hydrogens is 350 g/mol. The molecule has 0 aliphatic carbocycles. The number of benzene rings is 1. The predicted octanol–water partition coefficient (Wildman–Crippen LogP) is 2.09. The summed E-state index contributed by atoms with van der Waals surface area (Å²) in [4.78, 5) is 37.6. The minimum absolute atomic E-state index is 0.0548. The molecule has 0 atom stereocenters. The molecule has 1 saturated heterocycles. The van der Waals surface area contributed by atoms with Crippen LogP contribution in [0.1, 0.15) is 28.9 Å². The van der Waals surface area contributed by atoms with Crippen molar-refractivity contribution < 1.29 is 4.79 Å². The van der Waals surface area contributed by atoms with Gasteiger partial charge in [-0.25, -0.2) is 9.97 Å². The van der Waals surface area contributed by atoms with Crippen LogP contribution in [0, 0.1) is 6.92 Å². The second-order valence-electron chi connectivity index (χ2n) is 6.48. The Bertz CT molecular complexity index is 1000. The van der Waals surface area contributed by atoms with Crippen LogP contribution in [-0.4, -0.2) is 40.0 Å². The monoisotopic (exact) mass is 369 g/mol. The Hall–Kier alpha value is -2.74. The van der Waals surface area contributed by atoms with Crippen molar-refractivity contribution in [2.24, 2.45) is 0 Å². The summed E-state index contributed by atoms with van der Waals surface area (Å²) in [5.41, 5.74) is 3.93. The van der Waals surface area contributed by atoms with E-state index in [1.165, 1.54) is 17.4 Å². The molecule has 1 aliphatic heterocycles. The molecule has 1 amide bonds. The highest BCUT2D eigenvalue weighted by Crippen LogP contribution is 2.20. The number of aromatic amines is 1. The number of rotatable bonds is 3. The standard InChI is InChI=1S/C18H19N5O2S/c1-11-8-16(24)22-18(20-11)23-6-4-13(5-7-23)21-17(25)12-2-3-14-15(9-12)26-10-19-14/h2-3,8-10,13H,4-7H2,1H3,(H,21,25)(H,20,22,24). The Balaban J connectivity index is 1.38. The van der Waals surface area contributed by atoms with E-state index < -0.39 is 0 Å². The van der Waals surface area contributed by atoms with Crippen LogP contribution in [0.3, 0.4) is 0 Å². The summed E-state index contributed by atoms with van der Waals surface area (Å²) in [6, 6.07) is 7.18. The van der Waals surface area contributed by atoms with Crippen molar-refractivity contribution in [3.63, 3.8) is 0 Å². The van der Waals surface area contributed by atoms with E-state index in [1.54, 1.807) is 5.51 Å². The normalized spacial score (nSPS) is 15.3. The number of anilines is 1. The highest BCUT2D eigenvalue weighted by atomic mass is 32.1. The van der Waals surface area contributed by atoms with Crippen molar-refractivity contribution in [3.8, 4) is 0 Å². The molecule has 2 aromatic heterocycles. The number of carbonyl (C=O) groups excluding carboxylic acids is 1. The Morgan fingerprint density at radius 3 is 2.88 bits per heavy atom. The average Bonchev–Trinajstić information content (AvgIpc) is 3.09. The zero-order valence-corrected chi connectivity index (χ0v) is 15.2. The van der Waals surface area contributed by atoms with E-state index >= 15 is 0 Å². The van der Waals surface area contributed by atoms with Gasteiger partial charge in [-0.05, 0) is 38.0 Å². The fourth-order valence-corrected chi connectivity index (χ4v) is 3.93. The first-order valence-corrected chi connectivity index (χ1v) is 9.43. The Morgan fingerprint density at radius 2 is 2.12 bits per heavy atom. The second-order valence-corrected chi connectivity index (χ2v) is 7.37. The molecule has 1 aliphatic rings. The summed E-state index contributed by atoms with van der Waals surface area (Å²) >= 11 is 1.53. The van der Waals surface area contributed by atoms with Gasteiger partial charge in [-0.15, -0.1) is 11.3 Å². The zero-order chi connectivity index (χ0) is 18.1. The van der Waals surface area contributed by atoms with Crippen LogP contribution in [0.2, 0.25) is 0 Å². The van der Waals surface area contributed by atoms with Gasteiger partial charge < -0.3 is 10.2 Å². The lowest BCUT2D eigenvalue weighted by Gasteiger charge is -2.32. The van der Waals surface area contributed by atoms with Crippen molar-refractivity contribution >= 4 is 33.4 Å². The lowest BCUT2D eigenvalue weighted by molar-refractivity contribution is 0.0931. The number of H-pyrrole nitrogens is 1. The topological polar surface area (TPSA) is 91.0 Å². The molecule has 1 aromatic carbocycles. The number of fused-ring (bicyclic) bond motifs is 1.